The number of aliphatic imine (C=N–C) groups is 1. The van der Waals surface area contributed by atoms with Crippen LogP contribution in [0.2, 0.25) is 0 Å². The molecule has 150 valence electrons. The van der Waals surface area contributed by atoms with Gasteiger partial charge in [0.25, 0.3) is 0 Å². The fourth-order valence-corrected chi connectivity index (χ4v) is 3.90. The maximum atomic E-state index is 5.93. The number of nitrogens with zero attached hydrogens (tertiary/aromatic N) is 1. The second-order valence-corrected chi connectivity index (χ2v) is 7.14. The first kappa shape index (κ1) is 19.8. The van der Waals surface area contributed by atoms with Crippen molar-refractivity contribution in [1.29, 1.82) is 0 Å². The third kappa shape index (κ3) is 5.28. The van der Waals surface area contributed by atoms with Crippen LogP contribution in [0.1, 0.15) is 45.1 Å². The second kappa shape index (κ2) is 9.83. The van der Waals surface area contributed by atoms with E-state index in [1.54, 1.807) is 7.11 Å². The van der Waals surface area contributed by atoms with Gasteiger partial charge in [-0.3, -0.25) is 4.99 Å². The number of nitrogens with one attached hydrogen (secondary N) is 2. The van der Waals surface area contributed by atoms with Gasteiger partial charge in [0.15, 0.2) is 17.5 Å². The largest absolute Gasteiger partial charge is 0.493 e. The molecular weight excluding hydrogens is 342 g/mol. The number of guanidine groups is 1. The van der Waals surface area contributed by atoms with Crippen LogP contribution in [-0.2, 0) is 11.2 Å². The van der Waals surface area contributed by atoms with Crippen LogP contribution in [0, 0.1) is 0 Å². The molecule has 2 heterocycles. The molecule has 0 radical (unpaired) electrons. The lowest BCUT2D eigenvalue weighted by atomic mass is 9.96. The summed E-state index contributed by atoms with van der Waals surface area (Å²) in [5.74, 6) is 2.50. The molecule has 3 atom stereocenters. The second-order valence-electron chi connectivity index (χ2n) is 7.14. The fourth-order valence-electron chi connectivity index (χ4n) is 3.90. The van der Waals surface area contributed by atoms with E-state index in [2.05, 4.69) is 29.7 Å². The Kier molecular flexibility index (Phi) is 7.21. The number of fused-ring (bicyclic) bond motifs is 2. The molecule has 1 aromatic carbocycles. The van der Waals surface area contributed by atoms with Crippen LogP contribution in [0.5, 0.6) is 11.5 Å². The molecule has 0 aromatic heterocycles. The fraction of sp³-hybridized carbons (Fsp3) is 0.667. The van der Waals surface area contributed by atoms with E-state index in [1.165, 1.54) is 18.4 Å². The molecule has 3 unspecified atom stereocenters. The Bertz CT molecular complexity index is 635. The molecule has 2 N–H and O–H groups in total. The first-order valence-electron chi connectivity index (χ1n) is 10.2. The molecular formula is C21H33N3O3. The zero-order valence-corrected chi connectivity index (χ0v) is 16.8. The summed E-state index contributed by atoms with van der Waals surface area (Å²) in [4.78, 5) is 4.75. The monoisotopic (exact) mass is 375 g/mol. The minimum atomic E-state index is 0.357. The van der Waals surface area contributed by atoms with E-state index < -0.39 is 0 Å². The molecule has 6 heteroatoms. The van der Waals surface area contributed by atoms with Gasteiger partial charge in [-0.05, 0) is 63.6 Å². The number of benzene rings is 1. The number of methoxy groups -OCH3 is 1. The molecule has 1 aromatic rings. The normalized spacial score (nSPS) is 24.1. The van der Waals surface area contributed by atoms with Gasteiger partial charge in [0.2, 0.25) is 0 Å². The lowest BCUT2D eigenvalue weighted by Crippen LogP contribution is -2.47. The Balaban J connectivity index is 1.49. The van der Waals surface area contributed by atoms with Gasteiger partial charge in [0, 0.05) is 13.1 Å². The SMILES string of the molecule is CCNC(=NCCCc1ccc(OC)c(OCC)c1)NC1CC2CCC1O2. The molecule has 2 bridgehead atoms. The van der Waals surface area contributed by atoms with E-state index in [4.69, 9.17) is 19.2 Å². The molecule has 2 fully saturated rings. The smallest absolute Gasteiger partial charge is 0.191 e. The Hall–Kier alpha value is -1.95. The first-order valence-corrected chi connectivity index (χ1v) is 10.2. The van der Waals surface area contributed by atoms with E-state index in [1.807, 2.05) is 13.0 Å². The van der Waals surface area contributed by atoms with Crippen molar-refractivity contribution in [3.8, 4) is 11.5 Å². The molecule has 0 amide bonds. The molecule has 2 aliphatic rings. The van der Waals surface area contributed by atoms with Gasteiger partial charge < -0.3 is 24.8 Å². The Morgan fingerprint density at radius 1 is 1.26 bits per heavy atom. The predicted molar refractivity (Wildman–Crippen MR) is 108 cm³/mol. The maximum absolute atomic E-state index is 5.93. The van der Waals surface area contributed by atoms with Gasteiger partial charge in [-0.1, -0.05) is 6.07 Å². The van der Waals surface area contributed by atoms with E-state index in [-0.39, 0.29) is 0 Å². The van der Waals surface area contributed by atoms with Crippen molar-refractivity contribution in [3.05, 3.63) is 23.8 Å². The van der Waals surface area contributed by atoms with Gasteiger partial charge in [-0.25, -0.2) is 0 Å². The molecule has 0 saturated carbocycles. The van der Waals surface area contributed by atoms with Gasteiger partial charge in [0.1, 0.15) is 0 Å². The quantitative estimate of drug-likeness (QED) is 0.395. The van der Waals surface area contributed by atoms with Crippen LogP contribution in [0.3, 0.4) is 0 Å². The van der Waals surface area contributed by atoms with Crippen LogP contribution in [0.4, 0.5) is 0 Å². The predicted octanol–water partition coefficient (Wildman–Crippen LogP) is 2.90. The highest BCUT2D eigenvalue weighted by Gasteiger charge is 2.41. The van der Waals surface area contributed by atoms with Gasteiger partial charge in [-0.15, -0.1) is 0 Å². The van der Waals surface area contributed by atoms with Crippen molar-refractivity contribution < 1.29 is 14.2 Å². The summed E-state index contributed by atoms with van der Waals surface area (Å²) in [7, 11) is 1.67. The summed E-state index contributed by atoms with van der Waals surface area (Å²) in [5, 5.41) is 6.92. The zero-order valence-electron chi connectivity index (χ0n) is 16.8. The number of hydrogen-bond donors (Lipinski definition) is 2. The summed E-state index contributed by atoms with van der Waals surface area (Å²) in [6.07, 6.45) is 6.23. The maximum Gasteiger partial charge on any atom is 0.191 e. The van der Waals surface area contributed by atoms with Crippen LogP contribution in [0.25, 0.3) is 0 Å². The molecule has 27 heavy (non-hydrogen) atoms. The van der Waals surface area contributed by atoms with Crippen molar-refractivity contribution in [3.63, 3.8) is 0 Å². The standard InChI is InChI=1S/C21H33N3O3/c1-4-22-21(24-17-14-16-9-11-18(17)27-16)23-12-6-7-15-8-10-19(25-3)20(13-15)26-5-2/h8,10,13,16-18H,4-7,9,11-12,14H2,1-3H3,(H2,22,23,24). The highest BCUT2D eigenvalue weighted by atomic mass is 16.5. The minimum Gasteiger partial charge on any atom is -0.493 e. The topological polar surface area (TPSA) is 64.1 Å². The zero-order chi connectivity index (χ0) is 19.1. The summed E-state index contributed by atoms with van der Waals surface area (Å²) in [5.41, 5.74) is 1.24. The lowest BCUT2D eigenvalue weighted by molar-refractivity contribution is 0.0992. The molecule has 6 nitrogen and oxygen atoms in total. The highest BCUT2D eigenvalue weighted by Crippen LogP contribution is 2.34. The van der Waals surface area contributed by atoms with Crippen molar-refractivity contribution in [2.24, 2.45) is 4.99 Å². The number of rotatable bonds is 9. The van der Waals surface area contributed by atoms with Crippen molar-refractivity contribution in [2.75, 3.05) is 26.8 Å². The first-order chi connectivity index (χ1) is 13.2. The van der Waals surface area contributed by atoms with Crippen molar-refractivity contribution in [1.82, 2.24) is 10.6 Å². The van der Waals surface area contributed by atoms with Crippen LogP contribution >= 0.6 is 0 Å². The Morgan fingerprint density at radius 3 is 2.81 bits per heavy atom. The summed E-state index contributed by atoms with van der Waals surface area (Å²) >= 11 is 0. The third-order valence-corrected chi connectivity index (χ3v) is 5.19. The van der Waals surface area contributed by atoms with E-state index in [0.717, 1.165) is 49.8 Å². The van der Waals surface area contributed by atoms with E-state index >= 15 is 0 Å². The van der Waals surface area contributed by atoms with E-state index in [0.29, 0.717) is 24.9 Å². The van der Waals surface area contributed by atoms with Gasteiger partial charge >= 0.3 is 0 Å². The van der Waals surface area contributed by atoms with Crippen LogP contribution in [0.15, 0.2) is 23.2 Å². The number of hydrogen-bond acceptors (Lipinski definition) is 4. The van der Waals surface area contributed by atoms with Gasteiger partial charge in [-0.2, -0.15) is 0 Å². The Morgan fingerprint density at radius 2 is 2.15 bits per heavy atom. The number of ether oxygens (including phenoxy) is 3. The highest BCUT2D eigenvalue weighted by molar-refractivity contribution is 5.80. The van der Waals surface area contributed by atoms with Crippen LogP contribution < -0.4 is 20.1 Å². The molecule has 3 rings (SSSR count). The third-order valence-electron chi connectivity index (χ3n) is 5.19. The molecule has 0 aliphatic carbocycles. The summed E-state index contributed by atoms with van der Waals surface area (Å²) < 4.78 is 16.9. The number of aryl methyl sites for hydroxylation is 1. The van der Waals surface area contributed by atoms with Gasteiger partial charge in [0.05, 0.1) is 32.0 Å². The van der Waals surface area contributed by atoms with Crippen molar-refractivity contribution >= 4 is 5.96 Å². The molecule has 2 aliphatic heterocycles. The summed E-state index contributed by atoms with van der Waals surface area (Å²) in [6, 6.07) is 6.55. The average molecular weight is 376 g/mol. The van der Waals surface area contributed by atoms with Crippen LogP contribution in [-0.4, -0.2) is 51.0 Å². The molecule has 2 saturated heterocycles. The Labute approximate surface area is 162 Å². The van der Waals surface area contributed by atoms with Crippen molar-refractivity contribution in [2.45, 2.75) is 64.2 Å². The molecule has 0 spiro atoms. The van der Waals surface area contributed by atoms with E-state index in [9.17, 15) is 0 Å². The average Bonchev–Trinajstić information content (AvgIpc) is 3.29. The summed E-state index contributed by atoms with van der Waals surface area (Å²) in [6.45, 7) is 6.36. The lowest BCUT2D eigenvalue weighted by Gasteiger charge is -2.22. The minimum absolute atomic E-state index is 0.357.